The molecule has 9 nitrogen and oxygen atoms in total. The highest BCUT2D eigenvalue weighted by atomic mass is 35.5. The van der Waals surface area contributed by atoms with E-state index in [1.165, 1.54) is 7.11 Å². The second kappa shape index (κ2) is 13.4. The first kappa shape index (κ1) is 26.9. The molecule has 0 radical (unpaired) electrons. The quantitative estimate of drug-likeness (QED) is 0.253. The van der Waals surface area contributed by atoms with Crippen LogP contribution in [0.4, 0.5) is 0 Å². The van der Waals surface area contributed by atoms with Crippen molar-refractivity contribution in [3.8, 4) is 11.5 Å². The van der Waals surface area contributed by atoms with Crippen LogP contribution in [0, 0.1) is 5.92 Å². The molecule has 1 aromatic heterocycles. The maximum absolute atomic E-state index is 12.8. The molecule has 0 fully saturated rings. The molecule has 10 heteroatoms. The van der Waals surface area contributed by atoms with Crippen molar-refractivity contribution in [2.75, 3.05) is 14.2 Å². The third-order valence-corrected chi connectivity index (χ3v) is 5.48. The van der Waals surface area contributed by atoms with Crippen molar-refractivity contribution in [1.29, 1.82) is 0 Å². The average molecular weight is 490 g/mol. The lowest BCUT2D eigenvalue weighted by Crippen LogP contribution is -2.41. The van der Waals surface area contributed by atoms with E-state index in [2.05, 4.69) is 20.6 Å². The zero-order chi connectivity index (χ0) is 25.1. The number of nitrogens with one attached hydrogen (secondary N) is 2. The van der Waals surface area contributed by atoms with E-state index in [0.29, 0.717) is 28.6 Å². The van der Waals surface area contributed by atoms with Gasteiger partial charge in [0, 0.05) is 12.7 Å². The molecule has 0 spiro atoms. The summed E-state index contributed by atoms with van der Waals surface area (Å²) in [6.07, 6.45) is 3.03. The summed E-state index contributed by atoms with van der Waals surface area (Å²) < 4.78 is 10.5. The summed E-state index contributed by atoms with van der Waals surface area (Å²) in [5, 5.41) is 5.79. The molecule has 2 aromatic rings. The molecule has 2 amide bonds. The fraction of sp³-hybridized carbons (Fsp3) is 0.417. The van der Waals surface area contributed by atoms with Crippen LogP contribution in [0.1, 0.15) is 37.8 Å². The summed E-state index contributed by atoms with van der Waals surface area (Å²) in [6.45, 7) is 4.35. The van der Waals surface area contributed by atoms with Gasteiger partial charge in [-0.25, -0.2) is 9.98 Å². The standard InChI is InChI=1S/C24H32ClN5O4/c1-5-15(2)10-18(23(32)28-14-17-7-9-21(25)27-13-17)29-24(26)30-22(31)12-16-6-8-19(33-3)20(11-16)34-4/h6-9,11,13,15,18H,5,10,12,14H2,1-4H3,(H,28,32)(H3,26,29,30,31)/t15?,18-/m1/s1. The molecule has 34 heavy (non-hydrogen) atoms. The largest absolute Gasteiger partial charge is 0.493 e. The molecule has 0 aliphatic rings. The van der Waals surface area contributed by atoms with Crippen LogP contribution in [-0.4, -0.2) is 43.0 Å². The highest BCUT2D eigenvalue weighted by Gasteiger charge is 2.21. The van der Waals surface area contributed by atoms with Gasteiger partial charge in [0.05, 0.1) is 20.6 Å². The topological polar surface area (TPSA) is 128 Å². The smallest absolute Gasteiger partial charge is 0.245 e. The molecule has 0 aliphatic carbocycles. The van der Waals surface area contributed by atoms with Crippen LogP contribution in [-0.2, 0) is 22.6 Å². The molecule has 1 aromatic carbocycles. The van der Waals surface area contributed by atoms with E-state index in [4.69, 9.17) is 26.8 Å². The van der Waals surface area contributed by atoms with Crippen LogP contribution in [0.25, 0.3) is 0 Å². The first-order chi connectivity index (χ1) is 16.2. The molecule has 2 atom stereocenters. The number of hydrogen-bond donors (Lipinski definition) is 3. The molecule has 0 aliphatic heterocycles. The Bertz CT molecular complexity index is 997. The van der Waals surface area contributed by atoms with Crippen molar-refractivity contribution < 1.29 is 19.1 Å². The molecule has 4 N–H and O–H groups in total. The lowest BCUT2D eigenvalue weighted by Gasteiger charge is -2.17. The van der Waals surface area contributed by atoms with E-state index in [9.17, 15) is 9.59 Å². The Labute approximate surface area is 205 Å². The molecule has 184 valence electrons. The SMILES string of the molecule is CCC(C)C[C@@H](N=C(N)NC(=O)Cc1ccc(OC)c(OC)c1)C(=O)NCc1ccc(Cl)nc1. The van der Waals surface area contributed by atoms with Crippen molar-refractivity contribution in [3.63, 3.8) is 0 Å². The number of aliphatic imine (C=N–C) groups is 1. The van der Waals surface area contributed by atoms with Gasteiger partial charge in [0.2, 0.25) is 11.8 Å². The summed E-state index contributed by atoms with van der Waals surface area (Å²) in [6, 6.07) is 7.91. The number of pyridine rings is 1. The summed E-state index contributed by atoms with van der Waals surface area (Å²) in [5.74, 6) is 0.585. The summed E-state index contributed by atoms with van der Waals surface area (Å²) in [4.78, 5) is 33.6. The van der Waals surface area contributed by atoms with Crippen LogP contribution >= 0.6 is 11.6 Å². The summed E-state index contributed by atoms with van der Waals surface area (Å²) >= 11 is 5.80. The van der Waals surface area contributed by atoms with E-state index in [1.54, 1.807) is 43.6 Å². The van der Waals surface area contributed by atoms with Gasteiger partial charge < -0.3 is 20.5 Å². The predicted octanol–water partition coefficient (Wildman–Crippen LogP) is 2.85. The minimum atomic E-state index is -0.739. The minimum Gasteiger partial charge on any atom is -0.493 e. The van der Waals surface area contributed by atoms with Crippen LogP contribution < -0.4 is 25.8 Å². The third kappa shape index (κ3) is 8.55. The van der Waals surface area contributed by atoms with Gasteiger partial charge in [0.1, 0.15) is 11.2 Å². The number of ether oxygens (including phenoxy) is 2. The Morgan fingerprint density at radius 2 is 1.85 bits per heavy atom. The fourth-order valence-corrected chi connectivity index (χ4v) is 3.26. The molecular weight excluding hydrogens is 458 g/mol. The number of nitrogens with zero attached hydrogens (tertiary/aromatic N) is 2. The Morgan fingerprint density at radius 1 is 1.15 bits per heavy atom. The Hall–Kier alpha value is -3.33. The Kier molecular flexibility index (Phi) is 10.6. The van der Waals surface area contributed by atoms with Crippen molar-refractivity contribution in [2.45, 2.75) is 45.7 Å². The number of guanidine groups is 1. The van der Waals surface area contributed by atoms with E-state index in [-0.39, 0.29) is 36.7 Å². The van der Waals surface area contributed by atoms with E-state index in [0.717, 1.165) is 12.0 Å². The van der Waals surface area contributed by atoms with Gasteiger partial charge in [-0.2, -0.15) is 0 Å². The van der Waals surface area contributed by atoms with E-state index >= 15 is 0 Å². The number of methoxy groups -OCH3 is 2. The van der Waals surface area contributed by atoms with Crippen molar-refractivity contribution in [2.24, 2.45) is 16.6 Å². The van der Waals surface area contributed by atoms with Gasteiger partial charge in [-0.15, -0.1) is 0 Å². The molecule has 0 bridgehead atoms. The molecule has 0 saturated carbocycles. The Balaban J connectivity index is 2.03. The highest BCUT2D eigenvalue weighted by Crippen LogP contribution is 2.27. The zero-order valence-electron chi connectivity index (χ0n) is 19.9. The van der Waals surface area contributed by atoms with Crippen LogP contribution in [0.5, 0.6) is 11.5 Å². The average Bonchev–Trinajstić information content (AvgIpc) is 2.82. The number of amides is 2. The summed E-state index contributed by atoms with van der Waals surface area (Å²) in [5.41, 5.74) is 7.50. The van der Waals surface area contributed by atoms with Gasteiger partial charge in [-0.05, 0) is 41.7 Å². The molecule has 1 unspecified atom stereocenters. The van der Waals surface area contributed by atoms with Gasteiger partial charge >= 0.3 is 0 Å². The number of halogens is 1. The van der Waals surface area contributed by atoms with Crippen LogP contribution in [0.15, 0.2) is 41.5 Å². The maximum atomic E-state index is 12.8. The van der Waals surface area contributed by atoms with E-state index < -0.39 is 6.04 Å². The number of benzene rings is 1. The number of aromatic nitrogens is 1. The number of hydrogen-bond acceptors (Lipinski definition) is 6. The predicted molar refractivity (Wildman–Crippen MR) is 132 cm³/mol. The number of carbonyl (C=O) groups excluding carboxylic acids is 2. The minimum absolute atomic E-state index is 0.0579. The highest BCUT2D eigenvalue weighted by molar-refractivity contribution is 6.29. The zero-order valence-corrected chi connectivity index (χ0v) is 20.7. The van der Waals surface area contributed by atoms with Gasteiger partial charge in [-0.1, -0.05) is 44.0 Å². The number of nitrogens with two attached hydrogens (primary N) is 1. The lowest BCUT2D eigenvalue weighted by molar-refractivity contribution is -0.123. The second-order valence-corrected chi connectivity index (χ2v) is 8.29. The van der Waals surface area contributed by atoms with E-state index in [1.807, 2.05) is 13.8 Å². The summed E-state index contributed by atoms with van der Waals surface area (Å²) in [7, 11) is 3.07. The fourth-order valence-electron chi connectivity index (χ4n) is 3.15. The van der Waals surface area contributed by atoms with Gasteiger partial charge in [-0.3, -0.25) is 14.9 Å². The lowest BCUT2D eigenvalue weighted by atomic mass is 9.99. The number of carbonyl (C=O) groups is 2. The Morgan fingerprint density at radius 3 is 2.47 bits per heavy atom. The van der Waals surface area contributed by atoms with Crippen molar-refractivity contribution in [1.82, 2.24) is 15.6 Å². The monoisotopic (exact) mass is 489 g/mol. The first-order valence-electron chi connectivity index (χ1n) is 11.0. The van der Waals surface area contributed by atoms with Crippen molar-refractivity contribution in [3.05, 3.63) is 52.8 Å². The second-order valence-electron chi connectivity index (χ2n) is 7.90. The molecular formula is C24H32ClN5O4. The van der Waals surface area contributed by atoms with Crippen LogP contribution in [0.2, 0.25) is 5.15 Å². The molecule has 1 heterocycles. The van der Waals surface area contributed by atoms with Gasteiger partial charge in [0.25, 0.3) is 0 Å². The van der Waals surface area contributed by atoms with Gasteiger partial charge in [0.15, 0.2) is 17.5 Å². The first-order valence-corrected chi connectivity index (χ1v) is 11.4. The van der Waals surface area contributed by atoms with Crippen molar-refractivity contribution >= 4 is 29.4 Å². The molecule has 0 saturated heterocycles. The third-order valence-electron chi connectivity index (χ3n) is 5.26. The van der Waals surface area contributed by atoms with Crippen LogP contribution in [0.3, 0.4) is 0 Å². The number of rotatable bonds is 11. The maximum Gasteiger partial charge on any atom is 0.245 e. The normalized spacial score (nSPS) is 13.0. The molecule has 2 rings (SSSR count).